The van der Waals surface area contributed by atoms with E-state index >= 15 is 0 Å². The molecule has 0 aromatic heterocycles. The summed E-state index contributed by atoms with van der Waals surface area (Å²) in [6, 6.07) is 1.35. The molecule has 2 rings (SSSR count). The minimum absolute atomic E-state index is 0.0834. The molecule has 0 bridgehead atoms. The smallest absolute Gasteiger partial charge is 0.222 e. The van der Waals surface area contributed by atoms with Crippen LogP contribution in [0.15, 0.2) is 0 Å². The Balaban J connectivity index is 1.70. The first kappa shape index (κ1) is 15.8. The summed E-state index contributed by atoms with van der Waals surface area (Å²) in [6.45, 7) is 6.71. The minimum atomic E-state index is 0.0834. The maximum atomic E-state index is 11.5. The second kappa shape index (κ2) is 7.99. The molecule has 0 radical (unpaired) electrons. The van der Waals surface area contributed by atoms with E-state index in [9.17, 15) is 4.79 Å². The normalized spacial score (nSPS) is 30.6. The highest BCUT2D eigenvalue weighted by Crippen LogP contribution is 2.30. The van der Waals surface area contributed by atoms with E-state index in [0.29, 0.717) is 6.04 Å². The molecule has 4 nitrogen and oxygen atoms in total. The lowest BCUT2D eigenvalue weighted by atomic mass is 9.79. The summed E-state index contributed by atoms with van der Waals surface area (Å²) in [6.07, 6.45) is 8.05. The standard InChI is InChI=1S/C16H31N3O/c1-12(2)16(20)19-11-10-18-14-7-4-3-6-13(14)15-8-5-9-17-15/h12-15,17-18H,3-11H2,1-2H3,(H,19,20). The van der Waals surface area contributed by atoms with Crippen LogP contribution in [0.25, 0.3) is 0 Å². The minimum Gasteiger partial charge on any atom is -0.355 e. The van der Waals surface area contributed by atoms with Crippen molar-refractivity contribution in [2.45, 2.75) is 64.5 Å². The van der Waals surface area contributed by atoms with E-state index < -0.39 is 0 Å². The molecule has 2 aliphatic rings. The molecule has 3 atom stereocenters. The lowest BCUT2D eigenvalue weighted by Crippen LogP contribution is -2.48. The molecule has 1 aliphatic carbocycles. The Labute approximate surface area is 123 Å². The van der Waals surface area contributed by atoms with Crippen molar-refractivity contribution >= 4 is 5.91 Å². The predicted molar refractivity (Wildman–Crippen MR) is 82.6 cm³/mol. The number of carbonyl (C=O) groups excluding carboxylic acids is 1. The fraction of sp³-hybridized carbons (Fsp3) is 0.938. The largest absolute Gasteiger partial charge is 0.355 e. The molecule has 0 aromatic carbocycles. The molecule has 1 saturated carbocycles. The second-order valence-electron chi connectivity index (χ2n) is 6.66. The van der Waals surface area contributed by atoms with Gasteiger partial charge >= 0.3 is 0 Å². The second-order valence-corrected chi connectivity index (χ2v) is 6.66. The zero-order chi connectivity index (χ0) is 14.4. The number of hydrogen-bond acceptors (Lipinski definition) is 3. The van der Waals surface area contributed by atoms with Crippen molar-refractivity contribution < 1.29 is 4.79 Å². The van der Waals surface area contributed by atoms with Gasteiger partial charge in [0, 0.05) is 31.1 Å². The summed E-state index contributed by atoms with van der Waals surface area (Å²) in [5, 5.41) is 10.3. The van der Waals surface area contributed by atoms with E-state index in [1.807, 2.05) is 13.8 Å². The molecular formula is C16H31N3O. The molecule has 2 fully saturated rings. The lowest BCUT2D eigenvalue weighted by Gasteiger charge is -2.36. The highest BCUT2D eigenvalue weighted by molar-refractivity contribution is 5.77. The summed E-state index contributed by atoms with van der Waals surface area (Å²) in [7, 11) is 0. The highest BCUT2D eigenvalue weighted by Gasteiger charge is 2.32. The van der Waals surface area contributed by atoms with Crippen LogP contribution < -0.4 is 16.0 Å². The van der Waals surface area contributed by atoms with Crippen LogP contribution in [0.3, 0.4) is 0 Å². The van der Waals surface area contributed by atoms with E-state index in [2.05, 4.69) is 16.0 Å². The van der Waals surface area contributed by atoms with Crippen molar-refractivity contribution in [2.75, 3.05) is 19.6 Å². The van der Waals surface area contributed by atoms with Gasteiger partial charge in [0.15, 0.2) is 0 Å². The van der Waals surface area contributed by atoms with E-state index in [1.165, 1.54) is 45.1 Å². The zero-order valence-electron chi connectivity index (χ0n) is 13.1. The van der Waals surface area contributed by atoms with Crippen molar-refractivity contribution in [1.82, 2.24) is 16.0 Å². The first-order chi connectivity index (χ1) is 9.68. The third-order valence-corrected chi connectivity index (χ3v) is 4.79. The average molecular weight is 281 g/mol. The molecule has 1 saturated heterocycles. The van der Waals surface area contributed by atoms with Gasteiger partial charge in [-0.15, -0.1) is 0 Å². The highest BCUT2D eigenvalue weighted by atomic mass is 16.1. The maximum Gasteiger partial charge on any atom is 0.222 e. The lowest BCUT2D eigenvalue weighted by molar-refractivity contribution is -0.123. The number of hydrogen-bond donors (Lipinski definition) is 3. The van der Waals surface area contributed by atoms with Crippen molar-refractivity contribution in [3.05, 3.63) is 0 Å². The molecule has 0 aromatic rings. The Hall–Kier alpha value is -0.610. The van der Waals surface area contributed by atoms with Gasteiger partial charge in [-0.25, -0.2) is 0 Å². The Kier molecular flexibility index (Phi) is 6.30. The van der Waals surface area contributed by atoms with Gasteiger partial charge in [0.25, 0.3) is 0 Å². The summed E-state index contributed by atoms with van der Waals surface area (Å²) in [4.78, 5) is 11.5. The number of rotatable bonds is 6. The van der Waals surface area contributed by atoms with Crippen LogP contribution in [-0.4, -0.2) is 37.6 Å². The monoisotopic (exact) mass is 281 g/mol. The first-order valence-corrected chi connectivity index (χ1v) is 8.43. The van der Waals surface area contributed by atoms with Crippen LogP contribution in [0.1, 0.15) is 52.4 Å². The fourth-order valence-corrected chi connectivity index (χ4v) is 3.62. The quantitative estimate of drug-likeness (QED) is 0.649. The molecule has 4 heteroatoms. The van der Waals surface area contributed by atoms with Gasteiger partial charge in [-0.05, 0) is 38.1 Å². The molecule has 3 N–H and O–H groups in total. The van der Waals surface area contributed by atoms with Gasteiger partial charge in [0.2, 0.25) is 5.91 Å². The van der Waals surface area contributed by atoms with Crippen LogP contribution in [0, 0.1) is 11.8 Å². The number of amides is 1. The van der Waals surface area contributed by atoms with Gasteiger partial charge < -0.3 is 16.0 Å². The van der Waals surface area contributed by atoms with Gasteiger partial charge in [-0.3, -0.25) is 4.79 Å². The predicted octanol–water partition coefficient (Wildman–Crippen LogP) is 1.66. The third kappa shape index (κ3) is 4.45. The molecule has 0 spiro atoms. The van der Waals surface area contributed by atoms with Crippen molar-refractivity contribution in [2.24, 2.45) is 11.8 Å². The fourth-order valence-electron chi connectivity index (χ4n) is 3.62. The van der Waals surface area contributed by atoms with Crippen LogP contribution in [0.2, 0.25) is 0 Å². The van der Waals surface area contributed by atoms with E-state index in [0.717, 1.165) is 25.0 Å². The van der Waals surface area contributed by atoms with E-state index in [-0.39, 0.29) is 11.8 Å². The van der Waals surface area contributed by atoms with E-state index in [1.54, 1.807) is 0 Å². The molecule has 3 unspecified atom stereocenters. The number of nitrogens with one attached hydrogen (secondary N) is 3. The molecule has 1 heterocycles. The number of carbonyl (C=O) groups is 1. The average Bonchev–Trinajstić information content (AvgIpc) is 2.97. The van der Waals surface area contributed by atoms with Gasteiger partial charge in [-0.2, -0.15) is 0 Å². The third-order valence-electron chi connectivity index (χ3n) is 4.79. The van der Waals surface area contributed by atoms with Crippen LogP contribution in [0.4, 0.5) is 0 Å². The van der Waals surface area contributed by atoms with Crippen molar-refractivity contribution in [1.29, 1.82) is 0 Å². The first-order valence-electron chi connectivity index (χ1n) is 8.43. The van der Waals surface area contributed by atoms with Crippen molar-refractivity contribution in [3.63, 3.8) is 0 Å². The van der Waals surface area contributed by atoms with E-state index in [4.69, 9.17) is 0 Å². The molecule has 116 valence electrons. The van der Waals surface area contributed by atoms with Crippen molar-refractivity contribution in [3.8, 4) is 0 Å². The van der Waals surface area contributed by atoms with Gasteiger partial charge in [-0.1, -0.05) is 26.7 Å². The van der Waals surface area contributed by atoms with Crippen LogP contribution in [0.5, 0.6) is 0 Å². The van der Waals surface area contributed by atoms with Crippen LogP contribution in [-0.2, 0) is 4.79 Å². The Morgan fingerprint density at radius 3 is 2.65 bits per heavy atom. The summed E-state index contributed by atoms with van der Waals surface area (Å²) in [5.41, 5.74) is 0. The Morgan fingerprint density at radius 2 is 1.95 bits per heavy atom. The summed E-state index contributed by atoms with van der Waals surface area (Å²) < 4.78 is 0. The molecule has 1 aliphatic heterocycles. The maximum absolute atomic E-state index is 11.5. The summed E-state index contributed by atoms with van der Waals surface area (Å²) >= 11 is 0. The summed E-state index contributed by atoms with van der Waals surface area (Å²) in [5.74, 6) is 1.02. The molecular weight excluding hydrogens is 250 g/mol. The Morgan fingerprint density at radius 1 is 1.15 bits per heavy atom. The van der Waals surface area contributed by atoms with Crippen LogP contribution >= 0.6 is 0 Å². The van der Waals surface area contributed by atoms with Gasteiger partial charge in [0.1, 0.15) is 0 Å². The molecule has 1 amide bonds. The Bertz CT molecular complexity index is 300. The molecule has 20 heavy (non-hydrogen) atoms. The van der Waals surface area contributed by atoms with Gasteiger partial charge in [0.05, 0.1) is 0 Å². The SMILES string of the molecule is CC(C)C(=O)NCCNC1CCCCC1C1CCCN1. The topological polar surface area (TPSA) is 53.2 Å². The zero-order valence-corrected chi connectivity index (χ0v) is 13.1.